The molecule has 2 aromatic carbocycles. The van der Waals surface area contributed by atoms with E-state index in [0.29, 0.717) is 16.4 Å². The summed E-state index contributed by atoms with van der Waals surface area (Å²) in [4.78, 5) is 12.1. The van der Waals surface area contributed by atoms with Crippen LogP contribution in [-0.4, -0.2) is 27.1 Å². The molecule has 0 spiro atoms. The van der Waals surface area contributed by atoms with Gasteiger partial charge in [0.15, 0.2) is 0 Å². The van der Waals surface area contributed by atoms with E-state index in [-0.39, 0.29) is 10.7 Å². The minimum atomic E-state index is -4.72. The summed E-state index contributed by atoms with van der Waals surface area (Å²) in [5, 5.41) is 2.05. The predicted molar refractivity (Wildman–Crippen MR) is 93.7 cm³/mol. The van der Waals surface area contributed by atoms with Crippen LogP contribution >= 0.6 is 11.6 Å². The lowest BCUT2D eigenvalue weighted by Gasteiger charge is -2.24. The zero-order valence-corrected chi connectivity index (χ0v) is 15.3. The van der Waals surface area contributed by atoms with Crippen molar-refractivity contribution in [2.45, 2.75) is 6.18 Å². The number of nitrogens with one attached hydrogen (secondary N) is 1. The number of benzene rings is 2. The molecule has 11 heteroatoms. The average molecular weight is 425 g/mol. The van der Waals surface area contributed by atoms with Crippen molar-refractivity contribution in [2.24, 2.45) is 0 Å². The lowest BCUT2D eigenvalue weighted by atomic mass is 10.2. The largest absolute Gasteiger partial charge is 0.416 e. The van der Waals surface area contributed by atoms with Crippen LogP contribution < -0.4 is 9.62 Å². The van der Waals surface area contributed by atoms with Gasteiger partial charge in [0.25, 0.3) is 0 Å². The molecule has 27 heavy (non-hydrogen) atoms. The van der Waals surface area contributed by atoms with Crippen molar-refractivity contribution in [1.82, 2.24) is 0 Å². The third-order valence-corrected chi connectivity index (χ3v) is 4.80. The first kappa shape index (κ1) is 21.0. The number of carbonyl (C=O) groups excluding carboxylic acids is 1. The summed E-state index contributed by atoms with van der Waals surface area (Å²) in [6.07, 6.45) is -3.99. The van der Waals surface area contributed by atoms with Gasteiger partial charge in [-0.2, -0.15) is 13.2 Å². The van der Waals surface area contributed by atoms with Gasteiger partial charge >= 0.3 is 6.18 Å². The Morgan fingerprint density at radius 3 is 2.26 bits per heavy atom. The maximum Gasteiger partial charge on any atom is 0.416 e. The number of hydrogen-bond donors (Lipinski definition) is 1. The molecule has 0 aliphatic rings. The zero-order chi connectivity index (χ0) is 20.4. The Labute approximate surface area is 157 Å². The topological polar surface area (TPSA) is 66.5 Å². The molecule has 0 aliphatic carbocycles. The van der Waals surface area contributed by atoms with Crippen LogP contribution in [0.4, 0.5) is 28.9 Å². The molecular formula is C16H13ClF4N2O3S. The first-order chi connectivity index (χ1) is 12.4. The van der Waals surface area contributed by atoms with Crippen LogP contribution in [-0.2, 0) is 21.0 Å². The summed E-state index contributed by atoms with van der Waals surface area (Å²) in [5.41, 5.74) is -1.41. The van der Waals surface area contributed by atoms with Gasteiger partial charge in [0, 0.05) is 5.69 Å². The number of anilines is 2. The fraction of sp³-hybridized carbons (Fsp3) is 0.188. The summed E-state index contributed by atoms with van der Waals surface area (Å²) in [6, 6.07) is 6.79. The van der Waals surface area contributed by atoms with E-state index in [9.17, 15) is 30.8 Å². The van der Waals surface area contributed by atoms with Crippen LogP contribution in [0.2, 0.25) is 5.02 Å². The summed E-state index contributed by atoms with van der Waals surface area (Å²) >= 11 is 5.86. The van der Waals surface area contributed by atoms with E-state index >= 15 is 0 Å². The minimum absolute atomic E-state index is 0.185. The van der Waals surface area contributed by atoms with Gasteiger partial charge in [0.05, 0.1) is 22.5 Å². The molecule has 5 nitrogen and oxygen atoms in total. The molecule has 0 radical (unpaired) electrons. The summed E-state index contributed by atoms with van der Waals surface area (Å²) in [7, 11) is -4.14. The van der Waals surface area contributed by atoms with E-state index in [1.54, 1.807) is 0 Å². The molecule has 0 saturated carbocycles. The molecule has 0 aromatic heterocycles. The molecule has 2 rings (SSSR count). The quantitative estimate of drug-likeness (QED) is 0.740. The second-order valence-corrected chi connectivity index (χ2v) is 7.80. The maximum atomic E-state index is 12.9. The van der Waals surface area contributed by atoms with Crippen molar-refractivity contribution in [1.29, 1.82) is 0 Å². The summed E-state index contributed by atoms with van der Waals surface area (Å²) in [5.74, 6) is -1.39. The van der Waals surface area contributed by atoms with Gasteiger partial charge in [-0.3, -0.25) is 9.10 Å². The Balaban J connectivity index is 2.34. The Kier molecular flexibility index (Phi) is 6.01. The van der Waals surface area contributed by atoms with Crippen LogP contribution in [0.5, 0.6) is 0 Å². The lowest BCUT2D eigenvalue weighted by molar-refractivity contribution is -0.137. The van der Waals surface area contributed by atoms with E-state index in [4.69, 9.17) is 11.6 Å². The molecule has 146 valence electrons. The fourth-order valence-electron chi connectivity index (χ4n) is 2.13. The molecule has 0 atom stereocenters. The molecule has 0 saturated heterocycles. The van der Waals surface area contributed by atoms with Crippen LogP contribution in [0, 0.1) is 5.82 Å². The van der Waals surface area contributed by atoms with E-state index < -0.39 is 45.7 Å². The van der Waals surface area contributed by atoms with Gasteiger partial charge in [0.1, 0.15) is 12.4 Å². The molecule has 0 fully saturated rings. The average Bonchev–Trinajstić information content (AvgIpc) is 2.53. The van der Waals surface area contributed by atoms with Crippen molar-refractivity contribution in [3.63, 3.8) is 0 Å². The van der Waals surface area contributed by atoms with E-state index in [2.05, 4.69) is 5.32 Å². The lowest BCUT2D eigenvalue weighted by Crippen LogP contribution is -2.37. The number of alkyl halides is 3. The molecule has 0 bridgehead atoms. The highest BCUT2D eigenvalue weighted by atomic mass is 35.5. The monoisotopic (exact) mass is 424 g/mol. The molecule has 0 aliphatic heterocycles. The van der Waals surface area contributed by atoms with E-state index in [1.165, 1.54) is 12.1 Å². The minimum Gasteiger partial charge on any atom is -0.325 e. The summed E-state index contributed by atoms with van der Waals surface area (Å²) in [6.45, 7) is -0.822. The second kappa shape index (κ2) is 7.73. The molecule has 0 heterocycles. The number of hydrogen-bond acceptors (Lipinski definition) is 3. The normalized spacial score (nSPS) is 11.9. The number of nitrogens with zero attached hydrogens (tertiary/aromatic N) is 1. The molecule has 2 aromatic rings. The highest BCUT2D eigenvalue weighted by Crippen LogP contribution is 2.36. The van der Waals surface area contributed by atoms with Crippen molar-refractivity contribution in [2.75, 3.05) is 22.4 Å². The second-order valence-electron chi connectivity index (χ2n) is 5.49. The van der Waals surface area contributed by atoms with E-state index in [1.807, 2.05) is 0 Å². The Hall–Kier alpha value is -2.33. The highest BCUT2D eigenvalue weighted by Gasteiger charge is 2.33. The highest BCUT2D eigenvalue weighted by molar-refractivity contribution is 7.92. The van der Waals surface area contributed by atoms with Crippen LogP contribution in [0.15, 0.2) is 42.5 Å². The van der Waals surface area contributed by atoms with E-state index in [0.717, 1.165) is 24.5 Å². The Morgan fingerprint density at radius 2 is 1.74 bits per heavy atom. The fourth-order valence-corrected chi connectivity index (χ4v) is 3.26. The van der Waals surface area contributed by atoms with Crippen LogP contribution in [0.25, 0.3) is 0 Å². The predicted octanol–water partition coefficient (Wildman–Crippen LogP) is 3.90. The smallest absolute Gasteiger partial charge is 0.325 e. The number of carbonyl (C=O) groups is 1. The van der Waals surface area contributed by atoms with Gasteiger partial charge in [-0.05, 0) is 42.5 Å². The van der Waals surface area contributed by atoms with Gasteiger partial charge in [-0.1, -0.05) is 11.6 Å². The van der Waals surface area contributed by atoms with Crippen molar-refractivity contribution in [3.05, 3.63) is 58.9 Å². The van der Waals surface area contributed by atoms with Crippen LogP contribution in [0.1, 0.15) is 5.56 Å². The Bertz CT molecular complexity index is 947. The van der Waals surface area contributed by atoms with Gasteiger partial charge < -0.3 is 5.32 Å². The molecular weight excluding hydrogens is 412 g/mol. The first-order valence-corrected chi connectivity index (χ1v) is 9.50. The standard InChI is InChI=1S/C16H13ClF4N2O3S/c1-27(25,26)23(9-15(24)22-12-5-3-11(18)4-6-12)14-8-10(16(19,20)21)2-7-13(14)17/h2-8H,9H2,1H3,(H,22,24). The summed E-state index contributed by atoms with van der Waals surface area (Å²) < 4.78 is 76.2. The van der Waals surface area contributed by atoms with Gasteiger partial charge in [-0.25, -0.2) is 12.8 Å². The molecule has 1 amide bonds. The number of rotatable bonds is 5. The number of sulfonamides is 1. The van der Waals surface area contributed by atoms with Crippen molar-refractivity contribution >= 4 is 38.9 Å². The third kappa shape index (κ3) is 5.57. The third-order valence-electron chi connectivity index (χ3n) is 3.36. The number of halogens is 5. The van der Waals surface area contributed by atoms with Gasteiger partial charge in [0.2, 0.25) is 15.9 Å². The zero-order valence-electron chi connectivity index (χ0n) is 13.7. The molecule has 1 N–H and O–H groups in total. The van der Waals surface area contributed by atoms with Crippen molar-refractivity contribution in [3.8, 4) is 0 Å². The maximum absolute atomic E-state index is 12.9. The first-order valence-electron chi connectivity index (χ1n) is 7.28. The van der Waals surface area contributed by atoms with Gasteiger partial charge in [-0.15, -0.1) is 0 Å². The Morgan fingerprint density at radius 1 is 1.15 bits per heavy atom. The molecule has 0 unspecified atom stereocenters. The van der Waals surface area contributed by atoms with Crippen LogP contribution in [0.3, 0.4) is 0 Å². The SMILES string of the molecule is CS(=O)(=O)N(CC(=O)Nc1ccc(F)cc1)c1cc(C(F)(F)F)ccc1Cl. The number of amides is 1. The van der Waals surface area contributed by atoms with Crippen molar-refractivity contribution < 1.29 is 30.8 Å².